The van der Waals surface area contributed by atoms with E-state index >= 15 is 0 Å². The molecule has 2 saturated heterocycles. The fraction of sp³-hybridized carbons (Fsp3) is 0.625. The lowest BCUT2D eigenvalue weighted by Crippen LogP contribution is -2.40. The molecule has 1 aromatic rings. The molecule has 2 heterocycles. The second-order valence-corrected chi connectivity index (χ2v) is 6.01. The minimum Gasteiger partial charge on any atom is -0.368 e. The van der Waals surface area contributed by atoms with Crippen molar-refractivity contribution < 1.29 is 23.3 Å². The first kappa shape index (κ1) is 14.9. The monoisotopic (exact) mass is 296 g/mol. The SMILES string of the molecule is C[C@@H](F)C1O[C@@H]2OC(C)(C)O[C@@H]2[C@H]1OCc1ccccc1. The van der Waals surface area contributed by atoms with Gasteiger partial charge in [0.05, 0.1) is 6.61 Å². The lowest BCUT2D eigenvalue weighted by Gasteiger charge is -2.26. The highest BCUT2D eigenvalue weighted by Crippen LogP contribution is 2.40. The molecule has 4 nitrogen and oxygen atoms in total. The summed E-state index contributed by atoms with van der Waals surface area (Å²) in [5, 5.41) is 0. The fourth-order valence-corrected chi connectivity index (χ4v) is 2.83. The molecule has 0 amide bonds. The molecule has 0 spiro atoms. The fourth-order valence-electron chi connectivity index (χ4n) is 2.83. The maximum atomic E-state index is 13.8. The van der Waals surface area contributed by atoms with Crippen molar-refractivity contribution in [1.82, 2.24) is 0 Å². The van der Waals surface area contributed by atoms with E-state index < -0.39 is 36.6 Å². The molecule has 2 aliphatic rings. The van der Waals surface area contributed by atoms with E-state index in [0.29, 0.717) is 6.61 Å². The zero-order valence-corrected chi connectivity index (χ0v) is 12.5. The quantitative estimate of drug-likeness (QED) is 0.856. The van der Waals surface area contributed by atoms with Gasteiger partial charge in [-0.3, -0.25) is 0 Å². The van der Waals surface area contributed by atoms with Crippen molar-refractivity contribution in [2.24, 2.45) is 0 Å². The maximum absolute atomic E-state index is 13.8. The van der Waals surface area contributed by atoms with Gasteiger partial charge in [0.15, 0.2) is 12.1 Å². The highest BCUT2D eigenvalue weighted by Gasteiger charge is 2.56. The molecule has 0 saturated carbocycles. The zero-order valence-electron chi connectivity index (χ0n) is 12.5. The lowest BCUT2D eigenvalue weighted by molar-refractivity contribution is -0.225. The number of halogens is 1. The van der Waals surface area contributed by atoms with Crippen LogP contribution in [0.5, 0.6) is 0 Å². The van der Waals surface area contributed by atoms with Crippen LogP contribution in [-0.4, -0.2) is 36.6 Å². The van der Waals surface area contributed by atoms with E-state index in [1.54, 1.807) is 0 Å². The van der Waals surface area contributed by atoms with Gasteiger partial charge < -0.3 is 18.9 Å². The van der Waals surface area contributed by atoms with E-state index in [0.717, 1.165) is 5.56 Å². The molecular formula is C16H21FO4. The number of hydrogen-bond donors (Lipinski definition) is 0. The summed E-state index contributed by atoms with van der Waals surface area (Å²) in [6.07, 6.45) is -3.25. The van der Waals surface area contributed by atoms with E-state index in [4.69, 9.17) is 18.9 Å². The number of rotatable bonds is 4. The Balaban J connectivity index is 1.70. The second kappa shape index (κ2) is 5.65. The molecule has 1 unspecified atom stereocenters. The smallest absolute Gasteiger partial charge is 0.190 e. The van der Waals surface area contributed by atoms with Crippen molar-refractivity contribution in [2.45, 2.75) is 63.9 Å². The van der Waals surface area contributed by atoms with Crippen molar-refractivity contribution in [3.05, 3.63) is 35.9 Å². The van der Waals surface area contributed by atoms with Crippen LogP contribution in [0.1, 0.15) is 26.3 Å². The number of ether oxygens (including phenoxy) is 4. The maximum Gasteiger partial charge on any atom is 0.190 e. The predicted octanol–water partition coefficient (Wildman–Crippen LogP) is 2.81. The summed E-state index contributed by atoms with van der Waals surface area (Å²) in [6, 6.07) is 9.77. The average molecular weight is 296 g/mol. The molecule has 1 aromatic carbocycles. The van der Waals surface area contributed by atoms with Gasteiger partial charge in [0.2, 0.25) is 0 Å². The Morgan fingerprint density at radius 3 is 2.62 bits per heavy atom. The molecule has 0 bridgehead atoms. The van der Waals surface area contributed by atoms with Crippen molar-refractivity contribution in [2.75, 3.05) is 0 Å². The average Bonchev–Trinajstić information content (AvgIpc) is 2.90. The molecular weight excluding hydrogens is 275 g/mol. The first-order valence-electron chi connectivity index (χ1n) is 7.27. The van der Waals surface area contributed by atoms with Crippen LogP contribution in [-0.2, 0) is 25.6 Å². The summed E-state index contributed by atoms with van der Waals surface area (Å²) in [5.41, 5.74) is 1.03. The largest absolute Gasteiger partial charge is 0.368 e. The van der Waals surface area contributed by atoms with Gasteiger partial charge in [-0.25, -0.2) is 4.39 Å². The lowest BCUT2D eigenvalue weighted by atomic mass is 10.1. The highest BCUT2D eigenvalue weighted by atomic mass is 19.1. The number of benzene rings is 1. The molecule has 21 heavy (non-hydrogen) atoms. The molecule has 116 valence electrons. The molecule has 5 atom stereocenters. The van der Waals surface area contributed by atoms with Crippen LogP contribution >= 0.6 is 0 Å². The Morgan fingerprint density at radius 1 is 1.24 bits per heavy atom. The Labute approximate surface area is 124 Å². The van der Waals surface area contributed by atoms with E-state index in [1.807, 2.05) is 44.2 Å². The summed E-state index contributed by atoms with van der Waals surface area (Å²) in [6.45, 7) is 5.49. The molecule has 5 heteroatoms. The highest BCUT2D eigenvalue weighted by molar-refractivity contribution is 5.13. The molecule has 0 aromatic heterocycles. The van der Waals surface area contributed by atoms with Crippen LogP contribution in [0.2, 0.25) is 0 Å². The van der Waals surface area contributed by atoms with Gasteiger partial charge in [-0.15, -0.1) is 0 Å². The van der Waals surface area contributed by atoms with Gasteiger partial charge in [0, 0.05) is 0 Å². The molecule has 0 aliphatic carbocycles. The third kappa shape index (κ3) is 3.11. The number of alkyl halides is 1. The normalized spacial score (nSPS) is 35.6. The summed E-state index contributed by atoms with van der Waals surface area (Å²) < 4.78 is 36.8. The Bertz CT molecular complexity index is 476. The van der Waals surface area contributed by atoms with Crippen molar-refractivity contribution in [3.63, 3.8) is 0 Å². The van der Waals surface area contributed by atoms with Gasteiger partial charge >= 0.3 is 0 Å². The zero-order chi connectivity index (χ0) is 15.0. The number of hydrogen-bond acceptors (Lipinski definition) is 4. The topological polar surface area (TPSA) is 36.9 Å². The van der Waals surface area contributed by atoms with Gasteiger partial charge in [0.1, 0.15) is 24.5 Å². The Kier molecular flexibility index (Phi) is 4.01. The summed E-state index contributed by atoms with van der Waals surface area (Å²) in [5.74, 6) is -0.728. The Morgan fingerprint density at radius 2 is 1.95 bits per heavy atom. The van der Waals surface area contributed by atoms with Gasteiger partial charge in [-0.1, -0.05) is 30.3 Å². The van der Waals surface area contributed by atoms with Crippen molar-refractivity contribution >= 4 is 0 Å². The van der Waals surface area contributed by atoms with Crippen LogP contribution in [0, 0.1) is 0 Å². The third-order valence-corrected chi connectivity index (χ3v) is 3.76. The van der Waals surface area contributed by atoms with Gasteiger partial charge in [-0.2, -0.15) is 0 Å². The van der Waals surface area contributed by atoms with Crippen LogP contribution in [0.3, 0.4) is 0 Å². The molecule has 2 aliphatic heterocycles. The van der Waals surface area contributed by atoms with Crippen molar-refractivity contribution in [3.8, 4) is 0 Å². The summed E-state index contributed by atoms with van der Waals surface area (Å²) >= 11 is 0. The summed E-state index contributed by atoms with van der Waals surface area (Å²) in [4.78, 5) is 0. The molecule has 0 radical (unpaired) electrons. The molecule has 0 N–H and O–H groups in total. The number of fused-ring (bicyclic) bond motifs is 1. The first-order valence-corrected chi connectivity index (χ1v) is 7.27. The molecule has 2 fully saturated rings. The van der Waals surface area contributed by atoms with E-state index in [9.17, 15) is 4.39 Å². The predicted molar refractivity (Wildman–Crippen MR) is 74.3 cm³/mol. The summed E-state index contributed by atoms with van der Waals surface area (Å²) in [7, 11) is 0. The van der Waals surface area contributed by atoms with Crippen LogP contribution < -0.4 is 0 Å². The van der Waals surface area contributed by atoms with E-state index in [-0.39, 0.29) is 0 Å². The van der Waals surface area contributed by atoms with Crippen LogP contribution in [0.25, 0.3) is 0 Å². The van der Waals surface area contributed by atoms with Gasteiger partial charge in [0.25, 0.3) is 0 Å². The molecule has 3 rings (SSSR count). The Hall–Kier alpha value is -1.01. The minimum absolute atomic E-state index is 0.394. The second-order valence-electron chi connectivity index (χ2n) is 6.01. The van der Waals surface area contributed by atoms with Crippen molar-refractivity contribution in [1.29, 1.82) is 0 Å². The standard InChI is InChI=1S/C16H21FO4/c1-10(17)12-13(18-9-11-7-5-4-6-8-11)14-15(19-12)21-16(2,3)20-14/h4-8,10,12-15H,9H2,1-3H3/t10-,12?,13+,14-,15-/m1/s1. The van der Waals surface area contributed by atoms with Crippen LogP contribution in [0.4, 0.5) is 4.39 Å². The van der Waals surface area contributed by atoms with Gasteiger partial charge in [-0.05, 0) is 26.3 Å². The van der Waals surface area contributed by atoms with E-state index in [2.05, 4.69) is 0 Å². The minimum atomic E-state index is -1.15. The first-order chi connectivity index (χ1) is 9.96. The third-order valence-electron chi connectivity index (χ3n) is 3.76. The van der Waals surface area contributed by atoms with Crippen LogP contribution in [0.15, 0.2) is 30.3 Å². The van der Waals surface area contributed by atoms with E-state index in [1.165, 1.54) is 6.92 Å².